The van der Waals surface area contributed by atoms with Crippen molar-refractivity contribution < 1.29 is 29.9 Å². The Kier molecular flexibility index (Phi) is 8.93. The molecule has 0 aromatic rings. The van der Waals surface area contributed by atoms with E-state index in [0.29, 0.717) is 35.5 Å². The molecule has 40 heavy (non-hydrogen) atoms. The number of ether oxygens (including phenoxy) is 2. The summed E-state index contributed by atoms with van der Waals surface area (Å²) < 4.78 is 12.0. The maximum Gasteiger partial charge on any atom is 0.186 e. The van der Waals surface area contributed by atoms with Gasteiger partial charge in [0.1, 0.15) is 18.3 Å². The number of fused-ring (bicyclic) bond motifs is 5. The lowest BCUT2D eigenvalue weighted by Gasteiger charge is -2.58. The lowest BCUT2D eigenvalue weighted by Crippen LogP contribution is -2.58. The molecule has 6 heteroatoms. The maximum absolute atomic E-state index is 11.5. The molecule has 3 saturated carbocycles. The van der Waals surface area contributed by atoms with Crippen molar-refractivity contribution in [3.63, 3.8) is 0 Å². The average Bonchev–Trinajstić information content (AvgIpc) is 3.18. The summed E-state index contributed by atoms with van der Waals surface area (Å²) in [5, 5.41) is 42.2. The van der Waals surface area contributed by atoms with Gasteiger partial charge in [-0.25, -0.2) is 0 Å². The first-order valence-electron chi connectivity index (χ1n) is 16.5. The van der Waals surface area contributed by atoms with Crippen LogP contribution in [0, 0.1) is 52.3 Å². The summed E-state index contributed by atoms with van der Waals surface area (Å²) in [6.45, 7) is 16.1. The zero-order valence-corrected chi connectivity index (χ0v) is 26.1. The first-order chi connectivity index (χ1) is 18.8. The van der Waals surface area contributed by atoms with Gasteiger partial charge in [0, 0.05) is 0 Å². The SMILES string of the molecule is CC(C)C(C)CCC(C)C1C(O)CC2C3CC=C4CC(OC5OC(C)C(O)C(O)C5O)CCC4(C)C3CCC21C. The van der Waals surface area contributed by atoms with Crippen molar-refractivity contribution in [3.8, 4) is 0 Å². The zero-order valence-electron chi connectivity index (χ0n) is 26.1. The van der Waals surface area contributed by atoms with E-state index in [-0.39, 0.29) is 23.0 Å². The second kappa shape index (κ2) is 11.5. The molecule has 0 radical (unpaired) electrons. The summed E-state index contributed by atoms with van der Waals surface area (Å²) >= 11 is 0. The monoisotopic (exact) mass is 562 g/mol. The predicted molar refractivity (Wildman–Crippen MR) is 156 cm³/mol. The second-order valence-corrected chi connectivity index (χ2v) is 15.6. The highest BCUT2D eigenvalue weighted by molar-refractivity contribution is 5.26. The van der Waals surface area contributed by atoms with Gasteiger partial charge in [-0.15, -0.1) is 0 Å². The number of hydrogen-bond acceptors (Lipinski definition) is 6. The average molecular weight is 563 g/mol. The van der Waals surface area contributed by atoms with Gasteiger partial charge in [0.05, 0.1) is 18.3 Å². The van der Waals surface area contributed by atoms with Crippen LogP contribution in [-0.4, -0.2) is 63.3 Å². The third kappa shape index (κ3) is 5.26. The molecular formula is C34H58O6. The van der Waals surface area contributed by atoms with E-state index in [2.05, 4.69) is 47.6 Å². The number of aliphatic hydroxyl groups excluding tert-OH is 4. The van der Waals surface area contributed by atoms with Crippen molar-refractivity contribution in [1.82, 2.24) is 0 Å². The quantitative estimate of drug-likeness (QED) is 0.308. The molecule has 230 valence electrons. The molecule has 0 aromatic carbocycles. The predicted octanol–water partition coefficient (Wildman–Crippen LogP) is 5.46. The van der Waals surface area contributed by atoms with Gasteiger partial charge in [-0.2, -0.15) is 0 Å². The third-order valence-corrected chi connectivity index (χ3v) is 13.1. The van der Waals surface area contributed by atoms with E-state index < -0.39 is 30.7 Å². The lowest BCUT2D eigenvalue weighted by atomic mass is 9.47. The maximum atomic E-state index is 11.5. The summed E-state index contributed by atoms with van der Waals surface area (Å²) in [5.41, 5.74) is 1.86. The molecule has 0 amide bonds. The molecule has 1 heterocycles. The Labute approximate surface area is 242 Å². The van der Waals surface area contributed by atoms with E-state index in [9.17, 15) is 20.4 Å². The van der Waals surface area contributed by atoms with E-state index >= 15 is 0 Å². The number of aliphatic hydroxyl groups is 4. The molecule has 15 unspecified atom stereocenters. The summed E-state index contributed by atoms with van der Waals surface area (Å²) in [6, 6.07) is 0. The fraction of sp³-hybridized carbons (Fsp3) is 0.941. The Morgan fingerprint density at radius 3 is 2.38 bits per heavy atom. The van der Waals surface area contributed by atoms with Gasteiger partial charge < -0.3 is 29.9 Å². The summed E-state index contributed by atoms with van der Waals surface area (Å²) in [4.78, 5) is 0. The van der Waals surface area contributed by atoms with Crippen LogP contribution in [0.15, 0.2) is 11.6 Å². The van der Waals surface area contributed by atoms with Crippen LogP contribution in [0.25, 0.3) is 0 Å². The summed E-state index contributed by atoms with van der Waals surface area (Å²) in [7, 11) is 0. The minimum atomic E-state index is -1.26. The van der Waals surface area contributed by atoms with Gasteiger partial charge in [0.15, 0.2) is 6.29 Å². The van der Waals surface area contributed by atoms with Gasteiger partial charge in [-0.1, -0.05) is 66.0 Å². The molecule has 0 spiro atoms. The molecule has 15 atom stereocenters. The molecule has 1 saturated heterocycles. The molecule has 5 aliphatic rings. The van der Waals surface area contributed by atoms with E-state index in [0.717, 1.165) is 38.0 Å². The van der Waals surface area contributed by atoms with Crippen molar-refractivity contribution in [3.05, 3.63) is 11.6 Å². The Morgan fingerprint density at radius 2 is 1.68 bits per heavy atom. The molecule has 4 N–H and O–H groups in total. The Bertz CT molecular complexity index is 920. The van der Waals surface area contributed by atoms with E-state index in [1.807, 2.05) is 0 Å². The number of hydrogen-bond donors (Lipinski definition) is 4. The summed E-state index contributed by atoms with van der Waals surface area (Å²) in [6.07, 6.45) is 6.87. The highest BCUT2D eigenvalue weighted by Crippen LogP contribution is 2.67. The molecule has 5 rings (SSSR count). The van der Waals surface area contributed by atoms with E-state index in [1.165, 1.54) is 31.3 Å². The Hall–Kier alpha value is -0.500. The molecule has 0 bridgehead atoms. The van der Waals surface area contributed by atoms with Crippen LogP contribution in [0.1, 0.15) is 106 Å². The fourth-order valence-corrected chi connectivity index (χ4v) is 10.2. The van der Waals surface area contributed by atoms with Crippen LogP contribution in [0.3, 0.4) is 0 Å². The van der Waals surface area contributed by atoms with Gasteiger partial charge in [0.2, 0.25) is 0 Å². The lowest BCUT2D eigenvalue weighted by molar-refractivity contribution is -0.305. The topological polar surface area (TPSA) is 99.4 Å². The molecule has 0 aromatic heterocycles. The van der Waals surface area contributed by atoms with Crippen LogP contribution in [0.5, 0.6) is 0 Å². The first-order valence-corrected chi connectivity index (χ1v) is 16.5. The highest BCUT2D eigenvalue weighted by atomic mass is 16.7. The van der Waals surface area contributed by atoms with Crippen molar-refractivity contribution in [2.45, 2.75) is 149 Å². The number of allylic oxidation sites excluding steroid dienone is 1. The van der Waals surface area contributed by atoms with Crippen molar-refractivity contribution >= 4 is 0 Å². The molecule has 4 aliphatic carbocycles. The van der Waals surface area contributed by atoms with E-state index in [1.54, 1.807) is 6.92 Å². The van der Waals surface area contributed by atoms with Crippen LogP contribution >= 0.6 is 0 Å². The standard InChI is InChI=1S/C34H58O6/c1-18(2)19(3)8-9-20(4)28-27(35)17-26-24-11-10-22-16-23(40-32-31(38)30(37)29(36)21(5)39-32)12-14-33(22,6)25(24)13-15-34(26,28)7/h10,18-21,23-32,35-38H,8-9,11-17H2,1-7H3. The van der Waals surface area contributed by atoms with Crippen molar-refractivity contribution in [2.75, 3.05) is 0 Å². The van der Waals surface area contributed by atoms with E-state index in [4.69, 9.17) is 9.47 Å². The van der Waals surface area contributed by atoms with Crippen molar-refractivity contribution in [1.29, 1.82) is 0 Å². The van der Waals surface area contributed by atoms with Crippen LogP contribution < -0.4 is 0 Å². The van der Waals surface area contributed by atoms with Crippen LogP contribution in [0.2, 0.25) is 0 Å². The van der Waals surface area contributed by atoms with Crippen LogP contribution in [-0.2, 0) is 9.47 Å². The van der Waals surface area contributed by atoms with Gasteiger partial charge in [0.25, 0.3) is 0 Å². The van der Waals surface area contributed by atoms with Gasteiger partial charge in [-0.05, 0) is 104 Å². The first kappa shape index (κ1) is 30.9. The van der Waals surface area contributed by atoms with Gasteiger partial charge in [-0.3, -0.25) is 0 Å². The second-order valence-electron chi connectivity index (χ2n) is 15.6. The fourth-order valence-electron chi connectivity index (χ4n) is 10.2. The van der Waals surface area contributed by atoms with Crippen molar-refractivity contribution in [2.24, 2.45) is 52.3 Å². The third-order valence-electron chi connectivity index (χ3n) is 13.1. The van der Waals surface area contributed by atoms with Crippen LogP contribution in [0.4, 0.5) is 0 Å². The Morgan fingerprint density at radius 1 is 0.950 bits per heavy atom. The highest BCUT2D eigenvalue weighted by Gasteiger charge is 2.61. The zero-order chi connectivity index (χ0) is 29.1. The smallest absolute Gasteiger partial charge is 0.186 e. The van der Waals surface area contributed by atoms with Gasteiger partial charge >= 0.3 is 0 Å². The molecule has 1 aliphatic heterocycles. The Balaban J connectivity index is 1.26. The largest absolute Gasteiger partial charge is 0.393 e. The molecule has 4 fully saturated rings. The normalized spacial score (nSPS) is 50.5. The molecule has 6 nitrogen and oxygen atoms in total. The number of rotatable bonds is 7. The summed E-state index contributed by atoms with van der Waals surface area (Å²) in [5.74, 6) is 4.26. The molecular weight excluding hydrogens is 504 g/mol. The minimum absolute atomic E-state index is 0.0641. The minimum Gasteiger partial charge on any atom is -0.393 e.